The van der Waals surface area contributed by atoms with Gasteiger partial charge in [0.1, 0.15) is 0 Å². The molecule has 0 radical (unpaired) electrons. The van der Waals surface area contributed by atoms with Crippen LogP contribution in [-0.4, -0.2) is 18.2 Å². The van der Waals surface area contributed by atoms with Gasteiger partial charge in [0, 0.05) is 31.2 Å². The van der Waals surface area contributed by atoms with E-state index in [4.69, 9.17) is 5.73 Å². The fraction of sp³-hybridized carbons (Fsp3) is 0.111. The van der Waals surface area contributed by atoms with Gasteiger partial charge in [-0.3, -0.25) is 9.98 Å². The second-order valence-corrected chi connectivity index (χ2v) is 3.24. The summed E-state index contributed by atoms with van der Waals surface area (Å²) in [6.45, 7) is 0. The third-order valence-corrected chi connectivity index (χ3v) is 2.10. The molecule has 0 saturated carbocycles. The van der Waals surface area contributed by atoms with E-state index in [-0.39, 0.29) is 0 Å². The molecule has 2 N–H and O–H groups in total. The van der Waals surface area contributed by atoms with Gasteiger partial charge >= 0.3 is 0 Å². The van der Waals surface area contributed by atoms with Gasteiger partial charge in [-0.25, -0.2) is 0 Å². The minimum Gasteiger partial charge on any atom is -0.397 e. The van der Waals surface area contributed by atoms with Crippen molar-refractivity contribution in [1.29, 1.82) is 0 Å². The maximum absolute atomic E-state index is 5.83. The van der Waals surface area contributed by atoms with Gasteiger partial charge in [0.2, 0.25) is 0 Å². The van der Waals surface area contributed by atoms with Crippen LogP contribution in [0.1, 0.15) is 5.56 Å². The molecule has 1 aromatic heterocycles. The summed E-state index contributed by atoms with van der Waals surface area (Å²) in [6, 6.07) is 3.73. The Morgan fingerprint density at radius 1 is 1.69 bits per heavy atom. The van der Waals surface area contributed by atoms with Gasteiger partial charge in [-0.1, -0.05) is 0 Å². The second kappa shape index (κ2) is 4.77. The number of allylic oxidation sites excluding steroid dienone is 1. The van der Waals surface area contributed by atoms with Crippen LogP contribution in [0.25, 0.3) is 5.70 Å². The molecule has 4 heteroatoms. The Hall–Kier alpha value is -1.16. The highest BCUT2D eigenvalue weighted by atomic mass is 79.9. The fourth-order valence-corrected chi connectivity index (χ4v) is 1.28. The number of aliphatic imine (C=N–C) groups is 1. The molecule has 0 bridgehead atoms. The maximum atomic E-state index is 5.83. The van der Waals surface area contributed by atoms with Crippen LogP contribution in [0.15, 0.2) is 34.0 Å². The minimum absolute atomic E-state index is 0.638. The van der Waals surface area contributed by atoms with Gasteiger partial charge in [0.15, 0.2) is 0 Å². The van der Waals surface area contributed by atoms with E-state index in [1.807, 2.05) is 12.1 Å². The van der Waals surface area contributed by atoms with Crippen LogP contribution in [0.3, 0.4) is 0 Å². The summed E-state index contributed by atoms with van der Waals surface area (Å²) in [4.78, 5) is 7.82. The fourth-order valence-electron chi connectivity index (χ4n) is 0.843. The standard InChI is InChI=1S/C9H10BrN3/c1-12-6-8(10)9(11)7-3-2-4-13-5-7/h2-6H,11H2,1H3. The maximum Gasteiger partial charge on any atom is 0.0589 e. The molecule has 1 heterocycles. The summed E-state index contributed by atoms with van der Waals surface area (Å²) < 4.78 is 0.767. The zero-order chi connectivity index (χ0) is 9.68. The monoisotopic (exact) mass is 239 g/mol. The quantitative estimate of drug-likeness (QED) is 0.801. The molecule has 3 nitrogen and oxygen atoms in total. The van der Waals surface area contributed by atoms with Gasteiger partial charge in [-0.15, -0.1) is 0 Å². The lowest BCUT2D eigenvalue weighted by molar-refractivity contribution is 1.30. The van der Waals surface area contributed by atoms with Crippen LogP contribution in [0, 0.1) is 0 Å². The van der Waals surface area contributed by atoms with Gasteiger partial charge in [-0.05, 0) is 28.1 Å². The van der Waals surface area contributed by atoms with E-state index < -0.39 is 0 Å². The lowest BCUT2D eigenvalue weighted by atomic mass is 10.2. The Balaban J connectivity index is 3.03. The molecule has 0 atom stereocenters. The Bertz CT molecular complexity index is 330. The average molecular weight is 240 g/mol. The van der Waals surface area contributed by atoms with Crippen molar-refractivity contribution in [3.05, 3.63) is 34.6 Å². The Morgan fingerprint density at radius 2 is 2.46 bits per heavy atom. The number of hydrogen-bond donors (Lipinski definition) is 1. The predicted octanol–water partition coefficient (Wildman–Crippen LogP) is 1.80. The highest BCUT2D eigenvalue weighted by molar-refractivity contribution is 9.12. The number of pyridine rings is 1. The van der Waals surface area contributed by atoms with E-state index in [0.29, 0.717) is 5.70 Å². The van der Waals surface area contributed by atoms with Crippen molar-refractivity contribution in [1.82, 2.24) is 4.98 Å². The molecule has 0 spiro atoms. The summed E-state index contributed by atoms with van der Waals surface area (Å²) in [6.07, 6.45) is 5.07. The van der Waals surface area contributed by atoms with Crippen LogP contribution in [-0.2, 0) is 0 Å². The van der Waals surface area contributed by atoms with Crippen LogP contribution in [0.2, 0.25) is 0 Å². The SMILES string of the molecule is CN=CC(Br)=C(N)c1cccnc1. The van der Waals surface area contributed by atoms with Crippen LogP contribution >= 0.6 is 15.9 Å². The largest absolute Gasteiger partial charge is 0.397 e. The summed E-state index contributed by atoms with van der Waals surface area (Å²) in [5.74, 6) is 0. The van der Waals surface area contributed by atoms with Gasteiger partial charge < -0.3 is 5.73 Å². The van der Waals surface area contributed by atoms with Crippen LogP contribution < -0.4 is 5.73 Å². The molecular weight excluding hydrogens is 230 g/mol. The lowest BCUT2D eigenvalue weighted by Crippen LogP contribution is -1.99. The summed E-state index contributed by atoms with van der Waals surface area (Å²) >= 11 is 3.32. The average Bonchev–Trinajstić information content (AvgIpc) is 2.18. The molecule has 0 amide bonds. The van der Waals surface area contributed by atoms with Crippen molar-refractivity contribution < 1.29 is 0 Å². The van der Waals surface area contributed by atoms with E-state index in [9.17, 15) is 0 Å². The molecule has 1 aromatic rings. The van der Waals surface area contributed by atoms with E-state index in [1.54, 1.807) is 25.7 Å². The molecule has 68 valence electrons. The van der Waals surface area contributed by atoms with Crippen molar-refractivity contribution in [3.63, 3.8) is 0 Å². The topological polar surface area (TPSA) is 51.3 Å². The summed E-state index contributed by atoms with van der Waals surface area (Å²) in [5, 5.41) is 0. The summed E-state index contributed by atoms with van der Waals surface area (Å²) in [7, 11) is 1.69. The minimum atomic E-state index is 0.638. The van der Waals surface area contributed by atoms with Crippen molar-refractivity contribution in [2.75, 3.05) is 7.05 Å². The molecular formula is C9H10BrN3. The molecule has 1 rings (SSSR count). The first-order valence-corrected chi connectivity index (χ1v) is 4.53. The zero-order valence-electron chi connectivity index (χ0n) is 7.24. The molecule has 0 aliphatic heterocycles. The predicted molar refractivity (Wildman–Crippen MR) is 58.7 cm³/mol. The van der Waals surface area contributed by atoms with Crippen molar-refractivity contribution in [2.24, 2.45) is 10.7 Å². The molecule has 0 saturated heterocycles. The number of nitrogens with zero attached hydrogens (tertiary/aromatic N) is 2. The third kappa shape index (κ3) is 2.66. The Kier molecular flexibility index (Phi) is 3.64. The summed E-state index contributed by atoms with van der Waals surface area (Å²) in [5.41, 5.74) is 7.35. The second-order valence-electron chi connectivity index (χ2n) is 2.39. The van der Waals surface area contributed by atoms with Crippen molar-refractivity contribution in [2.45, 2.75) is 0 Å². The van der Waals surface area contributed by atoms with E-state index in [2.05, 4.69) is 25.9 Å². The molecule has 0 unspecified atom stereocenters. The normalized spacial score (nSPS) is 13.1. The van der Waals surface area contributed by atoms with E-state index in [0.717, 1.165) is 10.0 Å². The highest BCUT2D eigenvalue weighted by Gasteiger charge is 1.99. The molecule has 0 fully saturated rings. The third-order valence-electron chi connectivity index (χ3n) is 1.47. The van der Waals surface area contributed by atoms with Crippen LogP contribution in [0.4, 0.5) is 0 Å². The first-order valence-electron chi connectivity index (χ1n) is 3.73. The molecule has 0 aromatic carbocycles. The molecule has 0 aliphatic carbocycles. The molecule has 13 heavy (non-hydrogen) atoms. The first kappa shape index (κ1) is 9.92. The Labute approximate surface area is 85.5 Å². The van der Waals surface area contributed by atoms with Crippen molar-refractivity contribution in [3.8, 4) is 0 Å². The lowest BCUT2D eigenvalue weighted by Gasteiger charge is -2.01. The van der Waals surface area contributed by atoms with Gasteiger partial charge in [0.05, 0.1) is 10.2 Å². The first-order chi connectivity index (χ1) is 6.25. The van der Waals surface area contributed by atoms with Gasteiger partial charge in [0.25, 0.3) is 0 Å². The number of hydrogen-bond acceptors (Lipinski definition) is 3. The number of rotatable bonds is 2. The smallest absolute Gasteiger partial charge is 0.0589 e. The van der Waals surface area contributed by atoms with Gasteiger partial charge in [-0.2, -0.15) is 0 Å². The number of nitrogens with two attached hydrogens (primary N) is 1. The van der Waals surface area contributed by atoms with Crippen LogP contribution in [0.5, 0.6) is 0 Å². The zero-order valence-corrected chi connectivity index (χ0v) is 8.82. The van der Waals surface area contributed by atoms with Crippen molar-refractivity contribution >= 4 is 27.8 Å². The highest BCUT2D eigenvalue weighted by Crippen LogP contribution is 2.15. The number of halogens is 1. The molecule has 0 aliphatic rings. The number of aromatic nitrogens is 1. The Morgan fingerprint density at radius 3 is 3.00 bits per heavy atom. The van der Waals surface area contributed by atoms with E-state index in [1.165, 1.54) is 0 Å². The van der Waals surface area contributed by atoms with E-state index >= 15 is 0 Å².